The van der Waals surface area contributed by atoms with Gasteiger partial charge in [0.1, 0.15) is 5.75 Å². The van der Waals surface area contributed by atoms with Crippen LogP contribution >= 0.6 is 0 Å². The first-order valence-corrected chi connectivity index (χ1v) is 7.26. The van der Waals surface area contributed by atoms with Crippen molar-refractivity contribution in [2.75, 3.05) is 40.3 Å². The SMILES string of the molecule is COc1ccc2[nH]c(CN3CCN(C)CC3)c(C=O)c2c1. The summed E-state index contributed by atoms with van der Waals surface area (Å²) in [7, 11) is 3.78. The molecule has 1 fully saturated rings. The molecule has 0 bridgehead atoms. The number of fused-ring (bicyclic) bond motifs is 1. The summed E-state index contributed by atoms with van der Waals surface area (Å²) in [6.07, 6.45) is 0.948. The molecule has 0 unspecified atom stereocenters. The zero-order chi connectivity index (χ0) is 14.8. The molecule has 1 aliphatic heterocycles. The first-order valence-electron chi connectivity index (χ1n) is 7.26. The summed E-state index contributed by atoms with van der Waals surface area (Å²) in [5, 5.41) is 0.938. The molecule has 1 aromatic heterocycles. The monoisotopic (exact) mass is 287 g/mol. The molecule has 2 heterocycles. The van der Waals surface area contributed by atoms with Crippen LogP contribution in [0.4, 0.5) is 0 Å². The lowest BCUT2D eigenvalue weighted by Crippen LogP contribution is -2.44. The van der Waals surface area contributed by atoms with E-state index in [1.165, 1.54) is 0 Å². The zero-order valence-corrected chi connectivity index (χ0v) is 12.6. The van der Waals surface area contributed by atoms with Crippen molar-refractivity contribution in [1.82, 2.24) is 14.8 Å². The molecule has 1 aromatic carbocycles. The van der Waals surface area contributed by atoms with Crippen LogP contribution < -0.4 is 4.74 Å². The number of aldehydes is 1. The fourth-order valence-corrected chi connectivity index (χ4v) is 2.86. The molecule has 0 amide bonds. The maximum Gasteiger partial charge on any atom is 0.152 e. The number of likely N-dealkylation sites (N-methyl/N-ethyl adjacent to an activating group) is 1. The normalized spacial score (nSPS) is 17.2. The van der Waals surface area contributed by atoms with E-state index in [1.807, 2.05) is 18.2 Å². The van der Waals surface area contributed by atoms with Crippen LogP contribution in [0.3, 0.4) is 0 Å². The lowest BCUT2D eigenvalue weighted by molar-refractivity contribution is 0.112. The lowest BCUT2D eigenvalue weighted by atomic mass is 10.1. The van der Waals surface area contributed by atoms with Crippen LogP contribution in [0.15, 0.2) is 18.2 Å². The van der Waals surface area contributed by atoms with Crippen molar-refractivity contribution in [1.29, 1.82) is 0 Å². The second kappa shape index (κ2) is 5.87. The van der Waals surface area contributed by atoms with Crippen LogP contribution in [-0.4, -0.2) is 61.4 Å². The average molecular weight is 287 g/mol. The second-order valence-corrected chi connectivity index (χ2v) is 5.63. The van der Waals surface area contributed by atoms with Gasteiger partial charge in [-0.25, -0.2) is 0 Å². The summed E-state index contributed by atoms with van der Waals surface area (Å²) < 4.78 is 5.25. The molecule has 0 radical (unpaired) electrons. The first kappa shape index (κ1) is 14.1. The molecule has 0 spiro atoms. The third-order valence-electron chi connectivity index (χ3n) is 4.22. The van der Waals surface area contributed by atoms with Crippen LogP contribution in [0.1, 0.15) is 16.1 Å². The number of piperazine rings is 1. The number of aromatic nitrogens is 1. The molecule has 1 aliphatic rings. The Morgan fingerprint density at radius 1 is 1.29 bits per heavy atom. The summed E-state index contributed by atoms with van der Waals surface area (Å²) in [6.45, 7) is 5.01. The molecular weight excluding hydrogens is 266 g/mol. The average Bonchev–Trinajstić information content (AvgIpc) is 2.85. The van der Waals surface area contributed by atoms with Crippen molar-refractivity contribution in [2.24, 2.45) is 0 Å². The second-order valence-electron chi connectivity index (χ2n) is 5.63. The van der Waals surface area contributed by atoms with E-state index in [-0.39, 0.29) is 0 Å². The van der Waals surface area contributed by atoms with Gasteiger partial charge >= 0.3 is 0 Å². The molecule has 21 heavy (non-hydrogen) atoms. The Labute approximate surface area is 124 Å². The van der Waals surface area contributed by atoms with Crippen LogP contribution in [0.5, 0.6) is 5.75 Å². The predicted molar refractivity (Wildman–Crippen MR) is 83.0 cm³/mol. The summed E-state index contributed by atoms with van der Waals surface area (Å²) in [5.74, 6) is 0.774. The van der Waals surface area contributed by atoms with E-state index >= 15 is 0 Å². The van der Waals surface area contributed by atoms with Crippen LogP contribution in [-0.2, 0) is 6.54 Å². The molecule has 1 N–H and O–H groups in total. The number of carbonyl (C=O) groups is 1. The number of nitrogens with zero attached hydrogens (tertiary/aromatic N) is 2. The van der Waals surface area contributed by atoms with Crippen molar-refractivity contribution in [3.63, 3.8) is 0 Å². The molecule has 112 valence electrons. The molecule has 0 atom stereocenters. The number of methoxy groups -OCH3 is 1. The maximum absolute atomic E-state index is 11.5. The quantitative estimate of drug-likeness (QED) is 0.870. The third-order valence-corrected chi connectivity index (χ3v) is 4.22. The first-order chi connectivity index (χ1) is 10.2. The Morgan fingerprint density at radius 3 is 2.71 bits per heavy atom. The van der Waals surface area contributed by atoms with E-state index in [0.717, 1.165) is 66.9 Å². The molecule has 5 nitrogen and oxygen atoms in total. The number of hydrogen-bond acceptors (Lipinski definition) is 4. The standard InChI is InChI=1S/C16H21N3O2/c1-18-5-7-19(8-6-18)10-16-14(11-20)13-9-12(21-2)3-4-15(13)17-16/h3-4,9,11,17H,5-8,10H2,1-2H3. The summed E-state index contributed by atoms with van der Waals surface area (Å²) in [5.41, 5.74) is 2.74. The van der Waals surface area contributed by atoms with Gasteiger partial charge in [-0.05, 0) is 25.2 Å². The topological polar surface area (TPSA) is 48.6 Å². The Balaban J connectivity index is 1.89. The minimum atomic E-state index is 0.753. The zero-order valence-electron chi connectivity index (χ0n) is 12.6. The van der Waals surface area contributed by atoms with Crippen LogP contribution in [0, 0.1) is 0 Å². The molecule has 3 rings (SSSR count). The number of nitrogens with one attached hydrogen (secondary N) is 1. The van der Waals surface area contributed by atoms with E-state index in [9.17, 15) is 4.79 Å². The van der Waals surface area contributed by atoms with Gasteiger partial charge < -0.3 is 14.6 Å². The van der Waals surface area contributed by atoms with Gasteiger partial charge in [-0.3, -0.25) is 9.69 Å². The number of carbonyl (C=O) groups excluding carboxylic acids is 1. The highest BCUT2D eigenvalue weighted by atomic mass is 16.5. The highest BCUT2D eigenvalue weighted by Crippen LogP contribution is 2.26. The fourth-order valence-electron chi connectivity index (χ4n) is 2.86. The Morgan fingerprint density at radius 2 is 2.05 bits per heavy atom. The van der Waals surface area contributed by atoms with Crippen LogP contribution in [0.2, 0.25) is 0 Å². The van der Waals surface area contributed by atoms with E-state index in [2.05, 4.69) is 21.8 Å². The summed E-state index contributed by atoms with van der Waals surface area (Å²) >= 11 is 0. The van der Waals surface area contributed by atoms with Crippen molar-refractivity contribution in [2.45, 2.75) is 6.54 Å². The van der Waals surface area contributed by atoms with Crippen LogP contribution in [0.25, 0.3) is 10.9 Å². The predicted octanol–water partition coefficient (Wildman–Crippen LogP) is 1.74. The number of hydrogen-bond donors (Lipinski definition) is 1. The number of aromatic amines is 1. The molecular formula is C16H21N3O2. The Hall–Kier alpha value is -1.85. The Bertz CT molecular complexity index is 642. The minimum absolute atomic E-state index is 0.753. The van der Waals surface area contributed by atoms with Crippen molar-refractivity contribution < 1.29 is 9.53 Å². The molecule has 0 aliphatic carbocycles. The highest BCUT2D eigenvalue weighted by Gasteiger charge is 2.18. The lowest BCUT2D eigenvalue weighted by Gasteiger charge is -2.32. The third kappa shape index (κ3) is 2.80. The number of H-pyrrole nitrogens is 1. The van der Waals surface area contributed by atoms with E-state index < -0.39 is 0 Å². The van der Waals surface area contributed by atoms with Gasteiger partial charge in [-0.15, -0.1) is 0 Å². The smallest absolute Gasteiger partial charge is 0.152 e. The van der Waals surface area contributed by atoms with Gasteiger partial charge in [0.2, 0.25) is 0 Å². The molecule has 1 saturated heterocycles. The summed E-state index contributed by atoms with van der Waals surface area (Å²) in [6, 6.07) is 5.80. The molecule has 0 saturated carbocycles. The van der Waals surface area contributed by atoms with Gasteiger partial charge in [0.05, 0.1) is 7.11 Å². The molecule has 5 heteroatoms. The highest BCUT2D eigenvalue weighted by molar-refractivity contribution is 5.99. The summed E-state index contributed by atoms with van der Waals surface area (Å²) in [4.78, 5) is 19.6. The van der Waals surface area contributed by atoms with E-state index in [0.29, 0.717) is 0 Å². The fraction of sp³-hybridized carbons (Fsp3) is 0.438. The maximum atomic E-state index is 11.5. The van der Waals surface area contributed by atoms with Gasteiger partial charge in [-0.2, -0.15) is 0 Å². The number of ether oxygens (including phenoxy) is 1. The number of benzene rings is 1. The van der Waals surface area contributed by atoms with E-state index in [4.69, 9.17) is 4.74 Å². The van der Waals surface area contributed by atoms with Gasteiger partial charge in [0.15, 0.2) is 6.29 Å². The van der Waals surface area contributed by atoms with Gasteiger partial charge in [0, 0.05) is 54.9 Å². The largest absolute Gasteiger partial charge is 0.497 e. The van der Waals surface area contributed by atoms with Gasteiger partial charge in [-0.1, -0.05) is 0 Å². The van der Waals surface area contributed by atoms with E-state index in [1.54, 1.807) is 7.11 Å². The van der Waals surface area contributed by atoms with Gasteiger partial charge in [0.25, 0.3) is 0 Å². The van der Waals surface area contributed by atoms with Crippen molar-refractivity contribution >= 4 is 17.2 Å². The van der Waals surface area contributed by atoms with Crippen molar-refractivity contribution in [3.8, 4) is 5.75 Å². The Kier molecular flexibility index (Phi) is 3.94. The minimum Gasteiger partial charge on any atom is -0.497 e. The molecule has 2 aromatic rings. The van der Waals surface area contributed by atoms with Crippen molar-refractivity contribution in [3.05, 3.63) is 29.5 Å². The number of rotatable bonds is 4.